The van der Waals surface area contributed by atoms with Crippen LogP contribution in [-0.4, -0.2) is 22.6 Å². The molecular weight excluding hydrogens is 172 g/mol. The van der Waals surface area contributed by atoms with Crippen LogP contribution in [-0.2, 0) is 0 Å². The van der Waals surface area contributed by atoms with E-state index in [0.717, 1.165) is 19.4 Å². The minimum absolute atomic E-state index is 0.0422. The third kappa shape index (κ3) is 1.42. The first-order valence-electron chi connectivity index (χ1n) is 4.19. The minimum atomic E-state index is -1.05. The fourth-order valence-corrected chi connectivity index (χ4v) is 1.58. The van der Waals surface area contributed by atoms with Gasteiger partial charge < -0.3 is 14.8 Å². The molecule has 70 valence electrons. The lowest BCUT2D eigenvalue weighted by molar-refractivity contribution is 0.0660. The lowest BCUT2D eigenvalue weighted by atomic mass is 10.1. The van der Waals surface area contributed by atoms with Crippen LogP contribution in [0.4, 0.5) is 0 Å². The fourth-order valence-electron chi connectivity index (χ4n) is 1.58. The van der Waals surface area contributed by atoms with Gasteiger partial charge in [0.25, 0.3) is 0 Å². The van der Waals surface area contributed by atoms with Gasteiger partial charge in [-0.05, 0) is 19.4 Å². The second kappa shape index (κ2) is 3.18. The number of aromatic nitrogens is 1. The zero-order chi connectivity index (χ0) is 9.26. The average molecular weight is 182 g/mol. The summed E-state index contributed by atoms with van der Waals surface area (Å²) >= 11 is 0. The number of hydrogen-bond donors (Lipinski definition) is 2. The number of nitrogens with one attached hydrogen (secondary N) is 1. The Balaban J connectivity index is 2.28. The van der Waals surface area contributed by atoms with Crippen molar-refractivity contribution in [2.75, 3.05) is 6.54 Å². The lowest BCUT2D eigenvalue weighted by Gasteiger charge is -2.05. The Morgan fingerprint density at radius 3 is 3.23 bits per heavy atom. The molecule has 1 aliphatic rings. The van der Waals surface area contributed by atoms with Crippen molar-refractivity contribution < 1.29 is 14.3 Å². The molecule has 2 N–H and O–H groups in total. The number of oxazole rings is 1. The van der Waals surface area contributed by atoms with E-state index in [0.29, 0.717) is 5.69 Å². The summed E-state index contributed by atoms with van der Waals surface area (Å²) in [5, 5.41) is 11.9. The van der Waals surface area contributed by atoms with Gasteiger partial charge in [0.15, 0.2) is 6.39 Å². The molecule has 1 aliphatic heterocycles. The summed E-state index contributed by atoms with van der Waals surface area (Å²) in [4.78, 5) is 14.6. The maximum Gasteiger partial charge on any atom is 0.373 e. The average Bonchev–Trinajstić information content (AvgIpc) is 2.74. The Hall–Kier alpha value is -1.36. The third-order valence-corrected chi connectivity index (χ3v) is 2.18. The van der Waals surface area contributed by atoms with Crippen LogP contribution < -0.4 is 5.32 Å². The molecule has 5 nitrogen and oxygen atoms in total. The quantitative estimate of drug-likeness (QED) is 0.707. The largest absolute Gasteiger partial charge is 0.475 e. The van der Waals surface area contributed by atoms with Crippen molar-refractivity contribution in [1.29, 1.82) is 0 Å². The van der Waals surface area contributed by atoms with Gasteiger partial charge in [0.1, 0.15) is 5.69 Å². The topological polar surface area (TPSA) is 75.4 Å². The van der Waals surface area contributed by atoms with E-state index in [1.54, 1.807) is 0 Å². The molecule has 0 bridgehead atoms. The highest BCUT2D eigenvalue weighted by Crippen LogP contribution is 2.24. The van der Waals surface area contributed by atoms with Crippen LogP contribution in [0.1, 0.15) is 35.1 Å². The molecule has 13 heavy (non-hydrogen) atoms. The van der Waals surface area contributed by atoms with Gasteiger partial charge in [-0.15, -0.1) is 0 Å². The highest BCUT2D eigenvalue weighted by atomic mass is 16.4. The molecule has 1 atom stereocenters. The van der Waals surface area contributed by atoms with E-state index in [4.69, 9.17) is 9.52 Å². The van der Waals surface area contributed by atoms with Gasteiger partial charge in [0.2, 0.25) is 5.76 Å². The summed E-state index contributed by atoms with van der Waals surface area (Å²) in [6, 6.07) is 0.0462. The molecule has 0 aromatic carbocycles. The third-order valence-electron chi connectivity index (χ3n) is 2.18. The standard InChI is InChI=1S/C8H10N2O3/c11-8(12)7-6(10-4-13-7)5-2-1-3-9-5/h4-5,9H,1-3H2,(H,11,12). The minimum Gasteiger partial charge on any atom is -0.475 e. The van der Waals surface area contributed by atoms with Crippen molar-refractivity contribution in [2.24, 2.45) is 0 Å². The van der Waals surface area contributed by atoms with Crippen LogP contribution >= 0.6 is 0 Å². The maximum absolute atomic E-state index is 10.7. The van der Waals surface area contributed by atoms with Crippen molar-refractivity contribution in [3.63, 3.8) is 0 Å². The van der Waals surface area contributed by atoms with E-state index in [1.807, 2.05) is 0 Å². The monoisotopic (exact) mass is 182 g/mol. The number of nitrogens with zero attached hydrogens (tertiary/aromatic N) is 1. The predicted octanol–water partition coefficient (Wildman–Crippen LogP) is 0.797. The molecule has 0 amide bonds. The number of hydrogen-bond acceptors (Lipinski definition) is 4. The van der Waals surface area contributed by atoms with Crippen LogP contribution in [0.15, 0.2) is 10.8 Å². The van der Waals surface area contributed by atoms with Crippen molar-refractivity contribution in [2.45, 2.75) is 18.9 Å². The van der Waals surface area contributed by atoms with Crippen LogP contribution in [0.25, 0.3) is 0 Å². The number of carbonyl (C=O) groups is 1. The maximum atomic E-state index is 10.7. The van der Waals surface area contributed by atoms with Gasteiger partial charge >= 0.3 is 5.97 Å². The van der Waals surface area contributed by atoms with Crippen molar-refractivity contribution >= 4 is 5.97 Å². The van der Waals surface area contributed by atoms with E-state index in [9.17, 15) is 4.79 Å². The highest BCUT2D eigenvalue weighted by molar-refractivity contribution is 5.85. The fraction of sp³-hybridized carbons (Fsp3) is 0.500. The number of carboxylic acid groups (broad SMARTS) is 1. The molecule has 0 radical (unpaired) electrons. The highest BCUT2D eigenvalue weighted by Gasteiger charge is 2.25. The first-order chi connectivity index (χ1) is 6.29. The summed E-state index contributed by atoms with van der Waals surface area (Å²) in [6.07, 6.45) is 3.15. The molecule has 0 spiro atoms. The lowest BCUT2D eigenvalue weighted by Crippen LogP contribution is -2.16. The van der Waals surface area contributed by atoms with E-state index in [-0.39, 0.29) is 11.8 Å². The van der Waals surface area contributed by atoms with E-state index in [2.05, 4.69) is 10.3 Å². The summed E-state index contributed by atoms with van der Waals surface area (Å²) < 4.78 is 4.79. The van der Waals surface area contributed by atoms with E-state index >= 15 is 0 Å². The van der Waals surface area contributed by atoms with Gasteiger partial charge in [0.05, 0.1) is 6.04 Å². The molecule has 0 saturated carbocycles. The summed E-state index contributed by atoms with van der Waals surface area (Å²) in [5.74, 6) is -1.10. The second-order valence-electron chi connectivity index (χ2n) is 3.02. The number of carboxylic acids is 1. The Labute approximate surface area is 74.8 Å². The summed E-state index contributed by atoms with van der Waals surface area (Å²) in [7, 11) is 0. The molecule has 2 heterocycles. The van der Waals surface area contributed by atoms with Gasteiger partial charge in [-0.2, -0.15) is 0 Å². The summed E-state index contributed by atoms with van der Waals surface area (Å²) in [5.41, 5.74) is 0.519. The SMILES string of the molecule is O=C(O)c1ocnc1C1CCCN1. The van der Waals surface area contributed by atoms with Crippen molar-refractivity contribution in [3.05, 3.63) is 17.8 Å². The van der Waals surface area contributed by atoms with E-state index < -0.39 is 5.97 Å². The molecule has 1 fully saturated rings. The Morgan fingerprint density at radius 2 is 2.62 bits per heavy atom. The Morgan fingerprint density at radius 1 is 1.77 bits per heavy atom. The predicted molar refractivity (Wildman–Crippen MR) is 43.4 cm³/mol. The second-order valence-corrected chi connectivity index (χ2v) is 3.02. The molecule has 1 aromatic rings. The first-order valence-corrected chi connectivity index (χ1v) is 4.19. The number of aromatic carboxylic acids is 1. The van der Waals surface area contributed by atoms with Gasteiger partial charge in [-0.25, -0.2) is 9.78 Å². The molecule has 2 rings (SSSR count). The molecule has 5 heteroatoms. The zero-order valence-electron chi connectivity index (χ0n) is 6.99. The molecule has 1 saturated heterocycles. The molecule has 1 aromatic heterocycles. The van der Waals surface area contributed by atoms with Crippen molar-refractivity contribution in [1.82, 2.24) is 10.3 Å². The van der Waals surface area contributed by atoms with Crippen molar-refractivity contribution in [3.8, 4) is 0 Å². The smallest absolute Gasteiger partial charge is 0.373 e. The summed E-state index contributed by atoms with van der Waals surface area (Å²) in [6.45, 7) is 0.913. The molecule has 1 unspecified atom stereocenters. The van der Waals surface area contributed by atoms with Crippen LogP contribution in [0, 0.1) is 0 Å². The number of rotatable bonds is 2. The van der Waals surface area contributed by atoms with Gasteiger partial charge in [-0.3, -0.25) is 0 Å². The first kappa shape index (κ1) is 8.25. The van der Waals surface area contributed by atoms with Crippen LogP contribution in [0.3, 0.4) is 0 Å². The Bertz CT molecular complexity index is 315. The zero-order valence-corrected chi connectivity index (χ0v) is 6.99. The van der Waals surface area contributed by atoms with Crippen LogP contribution in [0.2, 0.25) is 0 Å². The molecular formula is C8H10N2O3. The molecule has 0 aliphatic carbocycles. The Kier molecular flexibility index (Phi) is 2.02. The normalized spacial score (nSPS) is 22.0. The van der Waals surface area contributed by atoms with E-state index in [1.165, 1.54) is 6.39 Å². The van der Waals surface area contributed by atoms with Crippen LogP contribution in [0.5, 0.6) is 0 Å². The van der Waals surface area contributed by atoms with Gasteiger partial charge in [-0.1, -0.05) is 0 Å². The van der Waals surface area contributed by atoms with Gasteiger partial charge in [0, 0.05) is 0 Å².